The molecule has 0 atom stereocenters. The molecule has 196 valence electrons. The first-order valence-electron chi connectivity index (χ1n) is 12.7. The van der Waals surface area contributed by atoms with Crippen molar-refractivity contribution in [2.75, 3.05) is 31.5 Å². The number of carbonyl (C=O) groups excluding carboxylic acids is 2. The summed E-state index contributed by atoms with van der Waals surface area (Å²) in [4.78, 5) is 37.7. The summed E-state index contributed by atoms with van der Waals surface area (Å²) in [6.45, 7) is 9.17. The van der Waals surface area contributed by atoms with Crippen molar-refractivity contribution >= 4 is 28.8 Å². The quantitative estimate of drug-likeness (QED) is 0.392. The van der Waals surface area contributed by atoms with E-state index in [2.05, 4.69) is 20.2 Å². The van der Waals surface area contributed by atoms with E-state index in [9.17, 15) is 9.59 Å². The van der Waals surface area contributed by atoms with Gasteiger partial charge in [-0.15, -0.1) is 0 Å². The summed E-state index contributed by atoms with van der Waals surface area (Å²) in [5.41, 5.74) is 3.86. The Hall–Kier alpha value is -4.24. The van der Waals surface area contributed by atoms with Crippen molar-refractivity contribution in [2.24, 2.45) is 0 Å². The minimum absolute atomic E-state index is 0.231. The predicted molar refractivity (Wildman–Crippen MR) is 145 cm³/mol. The van der Waals surface area contributed by atoms with Crippen LogP contribution in [-0.2, 0) is 11.3 Å². The molecule has 1 fully saturated rings. The van der Waals surface area contributed by atoms with Gasteiger partial charge < -0.3 is 19.4 Å². The van der Waals surface area contributed by atoms with Crippen molar-refractivity contribution in [3.05, 3.63) is 78.1 Å². The lowest BCUT2D eigenvalue weighted by Gasteiger charge is -2.35. The van der Waals surface area contributed by atoms with Crippen LogP contribution in [0.25, 0.3) is 22.6 Å². The maximum absolute atomic E-state index is 12.7. The second kappa shape index (κ2) is 10.6. The second-order valence-electron chi connectivity index (χ2n) is 10.3. The number of anilines is 1. The van der Waals surface area contributed by atoms with Gasteiger partial charge in [0.2, 0.25) is 5.89 Å². The molecular formula is C29H31N5O4. The third-order valence-electron chi connectivity index (χ3n) is 6.23. The molecule has 2 aromatic heterocycles. The third kappa shape index (κ3) is 6.00. The number of hydrogen-bond donors (Lipinski definition) is 1. The monoisotopic (exact) mass is 513 g/mol. The fourth-order valence-corrected chi connectivity index (χ4v) is 4.33. The largest absolute Gasteiger partial charge is 0.444 e. The number of piperazine rings is 1. The number of carbonyl (C=O) groups is 2. The molecule has 3 heterocycles. The molecule has 1 aliphatic heterocycles. The molecule has 0 unspecified atom stereocenters. The van der Waals surface area contributed by atoms with Gasteiger partial charge in [-0.2, -0.15) is 0 Å². The highest BCUT2D eigenvalue weighted by Gasteiger charge is 2.26. The zero-order valence-corrected chi connectivity index (χ0v) is 21.8. The van der Waals surface area contributed by atoms with Crippen molar-refractivity contribution in [2.45, 2.75) is 32.9 Å². The summed E-state index contributed by atoms with van der Waals surface area (Å²) < 4.78 is 11.6. The first-order chi connectivity index (χ1) is 18.2. The Kier molecular flexibility index (Phi) is 7.11. The average Bonchev–Trinajstić information content (AvgIpc) is 3.32. The lowest BCUT2D eigenvalue weighted by molar-refractivity contribution is 0.0139. The van der Waals surface area contributed by atoms with E-state index in [0.29, 0.717) is 41.4 Å². The molecule has 0 saturated carbocycles. The summed E-state index contributed by atoms with van der Waals surface area (Å²) in [5, 5.41) is 2.95. The van der Waals surface area contributed by atoms with Gasteiger partial charge in [-0.1, -0.05) is 18.2 Å². The predicted octanol–water partition coefficient (Wildman–Crippen LogP) is 5.19. The molecular weight excluding hydrogens is 482 g/mol. The average molecular weight is 514 g/mol. The topological polar surface area (TPSA) is 101 Å². The molecule has 9 heteroatoms. The van der Waals surface area contributed by atoms with Gasteiger partial charge in [0, 0.05) is 50.7 Å². The van der Waals surface area contributed by atoms with E-state index < -0.39 is 5.60 Å². The molecule has 4 aromatic rings. The zero-order valence-electron chi connectivity index (χ0n) is 21.8. The van der Waals surface area contributed by atoms with Gasteiger partial charge in [-0.25, -0.2) is 9.78 Å². The van der Waals surface area contributed by atoms with Gasteiger partial charge >= 0.3 is 6.09 Å². The molecule has 1 saturated heterocycles. The van der Waals surface area contributed by atoms with Crippen LogP contribution >= 0.6 is 0 Å². The fourth-order valence-electron chi connectivity index (χ4n) is 4.33. The summed E-state index contributed by atoms with van der Waals surface area (Å²) >= 11 is 0. The Morgan fingerprint density at radius 3 is 2.47 bits per heavy atom. The number of para-hydroxylation sites is 1. The number of fused-ring (bicyclic) bond motifs is 1. The van der Waals surface area contributed by atoms with Crippen LogP contribution in [0.4, 0.5) is 10.5 Å². The minimum Gasteiger partial charge on any atom is -0.444 e. The van der Waals surface area contributed by atoms with Gasteiger partial charge in [0.05, 0.1) is 11.3 Å². The van der Waals surface area contributed by atoms with Gasteiger partial charge in [0.1, 0.15) is 11.1 Å². The SMILES string of the molecule is CC(C)(C)OC(=O)N1CCN(Cc2ccc3nc(-c4ccccc4NC(=O)c4ccncc4)oc3c2)CC1. The third-order valence-corrected chi connectivity index (χ3v) is 6.23. The molecule has 5 rings (SSSR count). The zero-order chi connectivity index (χ0) is 26.7. The van der Waals surface area contributed by atoms with Crippen molar-refractivity contribution < 1.29 is 18.7 Å². The first-order valence-corrected chi connectivity index (χ1v) is 12.7. The minimum atomic E-state index is -0.495. The Bertz CT molecular complexity index is 1440. The molecule has 1 N–H and O–H groups in total. The van der Waals surface area contributed by atoms with E-state index in [-0.39, 0.29) is 12.0 Å². The molecule has 2 amide bonds. The van der Waals surface area contributed by atoms with Crippen LogP contribution < -0.4 is 5.32 Å². The van der Waals surface area contributed by atoms with Gasteiger partial charge in [-0.3, -0.25) is 14.7 Å². The van der Waals surface area contributed by atoms with Crippen LogP contribution in [0, 0.1) is 0 Å². The van der Waals surface area contributed by atoms with Crippen LogP contribution in [0.2, 0.25) is 0 Å². The van der Waals surface area contributed by atoms with E-state index in [4.69, 9.17) is 9.15 Å². The molecule has 0 spiro atoms. The maximum Gasteiger partial charge on any atom is 0.410 e. The Labute approximate surface area is 221 Å². The van der Waals surface area contributed by atoms with Crippen molar-refractivity contribution in [3.8, 4) is 11.5 Å². The molecule has 0 radical (unpaired) electrons. The Balaban J connectivity index is 1.27. The normalized spacial score (nSPS) is 14.4. The van der Waals surface area contributed by atoms with Crippen LogP contribution in [0.3, 0.4) is 0 Å². The number of hydrogen-bond acceptors (Lipinski definition) is 7. The van der Waals surface area contributed by atoms with E-state index in [1.54, 1.807) is 29.4 Å². The first kappa shape index (κ1) is 25.4. The number of nitrogens with zero attached hydrogens (tertiary/aromatic N) is 4. The molecule has 1 aliphatic rings. The molecule has 0 aliphatic carbocycles. The number of pyridine rings is 1. The van der Waals surface area contributed by atoms with E-state index >= 15 is 0 Å². The number of rotatable bonds is 5. The smallest absolute Gasteiger partial charge is 0.410 e. The van der Waals surface area contributed by atoms with Crippen LogP contribution in [0.15, 0.2) is 71.4 Å². The van der Waals surface area contributed by atoms with Gasteiger partial charge in [0.15, 0.2) is 5.58 Å². The van der Waals surface area contributed by atoms with Crippen LogP contribution in [-0.4, -0.2) is 63.5 Å². The number of oxazole rings is 1. The van der Waals surface area contributed by atoms with E-state index in [0.717, 1.165) is 30.7 Å². The fraction of sp³-hybridized carbons (Fsp3) is 0.310. The highest BCUT2D eigenvalue weighted by molar-refractivity contribution is 6.06. The summed E-state index contributed by atoms with van der Waals surface area (Å²) in [5.74, 6) is 0.207. The number of benzene rings is 2. The Morgan fingerprint density at radius 2 is 1.74 bits per heavy atom. The lowest BCUT2D eigenvalue weighted by atomic mass is 10.1. The Morgan fingerprint density at radius 1 is 1.00 bits per heavy atom. The standard InChI is InChI=1S/C29H31N5O4/c1-29(2,3)38-28(36)34-16-14-33(15-17-34)19-20-8-9-24-25(18-20)37-27(32-24)22-6-4-5-7-23(22)31-26(35)21-10-12-30-13-11-21/h4-13,18H,14-17,19H2,1-3H3,(H,31,35). The highest BCUT2D eigenvalue weighted by atomic mass is 16.6. The van der Waals surface area contributed by atoms with Crippen molar-refractivity contribution in [1.29, 1.82) is 0 Å². The van der Waals surface area contributed by atoms with E-state index in [1.165, 1.54) is 0 Å². The van der Waals surface area contributed by atoms with E-state index in [1.807, 2.05) is 63.2 Å². The molecule has 0 bridgehead atoms. The summed E-state index contributed by atoms with van der Waals surface area (Å²) in [6.07, 6.45) is 2.91. The van der Waals surface area contributed by atoms with Gasteiger partial charge in [-0.05, 0) is 62.7 Å². The van der Waals surface area contributed by atoms with Gasteiger partial charge in [0.25, 0.3) is 5.91 Å². The molecule has 2 aromatic carbocycles. The lowest BCUT2D eigenvalue weighted by Crippen LogP contribution is -2.49. The highest BCUT2D eigenvalue weighted by Crippen LogP contribution is 2.31. The maximum atomic E-state index is 12.7. The van der Waals surface area contributed by atoms with Crippen molar-refractivity contribution in [3.63, 3.8) is 0 Å². The summed E-state index contributed by atoms with van der Waals surface area (Å²) in [7, 11) is 0. The second-order valence-corrected chi connectivity index (χ2v) is 10.3. The number of aromatic nitrogens is 2. The van der Waals surface area contributed by atoms with Crippen LogP contribution in [0.1, 0.15) is 36.7 Å². The number of ether oxygens (including phenoxy) is 1. The van der Waals surface area contributed by atoms with Crippen LogP contribution in [0.5, 0.6) is 0 Å². The van der Waals surface area contributed by atoms with Crippen molar-refractivity contribution in [1.82, 2.24) is 19.8 Å². The summed E-state index contributed by atoms with van der Waals surface area (Å²) in [6, 6.07) is 16.8. The number of amides is 2. The molecule has 9 nitrogen and oxygen atoms in total. The molecule has 38 heavy (non-hydrogen) atoms. The number of nitrogens with one attached hydrogen (secondary N) is 1.